The van der Waals surface area contributed by atoms with Gasteiger partial charge in [0, 0.05) is 29.3 Å². The molecule has 0 aliphatic carbocycles. The van der Waals surface area contributed by atoms with Gasteiger partial charge in [0.2, 0.25) is 11.8 Å². The van der Waals surface area contributed by atoms with Crippen LogP contribution in [0.4, 0.5) is 5.69 Å². The molecular weight excluding hydrogens is 457 g/mol. The van der Waals surface area contributed by atoms with E-state index >= 15 is 0 Å². The number of fused-ring (bicyclic) bond motifs is 2. The Kier molecular flexibility index (Phi) is 4.96. The largest absolute Gasteiger partial charge is 0.333 e. The van der Waals surface area contributed by atoms with Crippen LogP contribution in [0.5, 0.6) is 0 Å². The second-order valence-electron chi connectivity index (χ2n) is 6.81. The van der Waals surface area contributed by atoms with E-state index in [1.807, 2.05) is 0 Å². The minimum atomic E-state index is -1.88. The maximum absolute atomic E-state index is 13.4. The fourth-order valence-corrected chi connectivity index (χ4v) is 4.24. The summed E-state index contributed by atoms with van der Waals surface area (Å²) in [6.45, 7) is 0.927. The maximum atomic E-state index is 13.4. The third kappa shape index (κ3) is 3.03. The molecule has 4 rings (SSSR count). The SMILES string of the molecule is CC(=O)ON1C(=O)C2(CC(=O)N(Cc3cnc(Cl)cc3Cl)C2=O)c2cc(Cl)ccc21. The lowest BCUT2D eigenvalue weighted by atomic mass is 9.80. The van der Waals surface area contributed by atoms with Gasteiger partial charge in [0.15, 0.2) is 5.41 Å². The van der Waals surface area contributed by atoms with Gasteiger partial charge in [0.1, 0.15) is 5.15 Å². The number of nitrogens with zero attached hydrogens (tertiary/aromatic N) is 3. The number of pyridine rings is 1. The normalized spacial score (nSPS) is 20.3. The lowest BCUT2D eigenvalue weighted by molar-refractivity contribution is -0.151. The van der Waals surface area contributed by atoms with Crippen LogP contribution in [0, 0.1) is 0 Å². The summed E-state index contributed by atoms with van der Waals surface area (Å²) < 4.78 is 0. The van der Waals surface area contributed by atoms with E-state index in [-0.39, 0.29) is 33.0 Å². The van der Waals surface area contributed by atoms with Crippen molar-refractivity contribution >= 4 is 64.2 Å². The summed E-state index contributed by atoms with van der Waals surface area (Å²) in [6.07, 6.45) is 0.914. The van der Waals surface area contributed by atoms with Gasteiger partial charge in [-0.25, -0.2) is 9.78 Å². The molecule has 0 radical (unpaired) electrons. The smallest absolute Gasteiger partial charge is 0.330 e. The standard InChI is InChI=1S/C19H12Cl3N3O5/c1-9(26)30-25-14-3-2-11(20)4-12(14)19(18(25)29)6-16(27)24(17(19)28)8-10-7-23-15(22)5-13(10)21/h2-5,7H,6,8H2,1H3. The summed E-state index contributed by atoms with van der Waals surface area (Å²) >= 11 is 18.0. The van der Waals surface area contributed by atoms with Crippen LogP contribution in [0.25, 0.3) is 0 Å². The van der Waals surface area contributed by atoms with Crippen LogP contribution in [0.3, 0.4) is 0 Å². The number of carbonyl (C=O) groups excluding carboxylic acids is 4. The first kappa shape index (κ1) is 20.6. The Balaban J connectivity index is 1.78. The number of benzene rings is 1. The van der Waals surface area contributed by atoms with Gasteiger partial charge in [-0.15, -0.1) is 5.06 Å². The molecule has 1 unspecified atom stereocenters. The minimum absolute atomic E-state index is 0.158. The number of imide groups is 1. The number of hydrogen-bond acceptors (Lipinski definition) is 6. The van der Waals surface area contributed by atoms with Gasteiger partial charge in [-0.05, 0) is 24.3 Å². The van der Waals surface area contributed by atoms with E-state index in [4.69, 9.17) is 39.6 Å². The molecule has 0 N–H and O–H groups in total. The van der Waals surface area contributed by atoms with E-state index in [9.17, 15) is 19.2 Å². The highest BCUT2D eigenvalue weighted by Gasteiger charge is 2.65. The highest BCUT2D eigenvalue weighted by atomic mass is 35.5. The Morgan fingerprint density at radius 1 is 1.17 bits per heavy atom. The van der Waals surface area contributed by atoms with Crippen molar-refractivity contribution in [2.24, 2.45) is 0 Å². The summed E-state index contributed by atoms with van der Waals surface area (Å²) in [5, 5.41) is 1.37. The number of aromatic nitrogens is 1. The van der Waals surface area contributed by atoms with Crippen molar-refractivity contribution < 1.29 is 24.0 Å². The van der Waals surface area contributed by atoms with Crippen molar-refractivity contribution in [3.63, 3.8) is 0 Å². The van der Waals surface area contributed by atoms with Gasteiger partial charge in [0.05, 0.1) is 23.7 Å². The zero-order valence-corrected chi connectivity index (χ0v) is 17.6. The Morgan fingerprint density at radius 2 is 1.90 bits per heavy atom. The number of hydroxylamine groups is 1. The Labute approximate surface area is 185 Å². The van der Waals surface area contributed by atoms with E-state index in [2.05, 4.69) is 4.98 Å². The number of carbonyl (C=O) groups is 4. The first-order chi connectivity index (χ1) is 14.1. The summed E-state index contributed by atoms with van der Waals surface area (Å²) in [7, 11) is 0. The molecule has 30 heavy (non-hydrogen) atoms. The first-order valence-electron chi connectivity index (χ1n) is 8.63. The van der Waals surface area contributed by atoms with Crippen molar-refractivity contribution in [1.82, 2.24) is 9.88 Å². The van der Waals surface area contributed by atoms with Crippen LogP contribution in [0.15, 0.2) is 30.5 Å². The highest BCUT2D eigenvalue weighted by Crippen LogP contribution is 2.49. The molecule has 1 saturated heterocycles. The van der Waals surface area contributed by atoms with Crippen LogP contribution in [0.1, 0.15) is 24.5 Å². The fourth-order valence-electron chi connectivity index (χ4n) is 3.65. The number of anilines is 1. The van der Waals surface area contributed by atoms with E-state index in [1.54, 1.807) is 0 Å². The zero-order chi connectivity index (χ0) is 21.8. The zero-order valence-electron chi connectivity index (χ0n) is 15.3. The topological polar surface area (TPSA) is 96.9 Å². The van der Waals surface area contributed by atoms with Crippen molar-refractivity contribution in [2.45, 2.75) is 25.3 Å². The lowest BCUT2D eigenvalue weighted by Crippen LogP contribution is -2.46. The Hall–Kier alpha value is -2.68. The molecule has 154 valence electrons. The average Bonchev–Trinajstić information content (AvgIpc) is 3.04. The molecule has 2 aliphatic heterocycles. The maximum Gasteiger partial charge on any atom is 0.330 e. The molecule has 8 nitrogen and oxygen atoms in total. The number of rotatable bonds is 3. The van der Waals surface area contributed by atoms with Crippen LogP contribution in [-0.2, 0) is 36.0 Å². The van der Waals surface area contributed by atoms with E-state index in [1.165, 1.54) is 30.5 Å². The third-order valence-electron chi connectivity index (χ3n) is 4.96. The van der Waals surface area contributed by atoms with Gasteiger partial charge in [-0.1, -0.05) is 34.8 Å². The average molecular weight is 469 g/mol. The van der Waals surface area contributed by atoms with Crippen LogP contribution < -0.4 is 5.06 Å². The Morgan fingerprint density at radius 3 is 2.57 bits per heavy atom. The molecule has 1 aromatic carbocycles. The summed E-state index contributed by atoms with van der Waals surface area (Å²) in [5.74, 6) is -2.94. The first-order valence-corrected chi connectivity index (χ1v) is 9.76. The van der Waals surface area contributed by atoms with Crippen LogP contribution in [-0.4, -0.2) is 33.6 Å². The number of halogens is 3. The van der Waals surface area contributed by atoms with Gasteiger partial charge in [-0.3, -0.25) is 19.3 Å². The van der Waals surface area contributed by atoms with Gasteiger partial charge < -0.3 is 4.84 Å². The van der Waals surface area contributed by atoms with E-state index in [0.717, 1.165) is 16.9 Å². The van der Waals surface area contributed by atoms with Crippen LogP contribution in [0.2, 0.25) is 15.2 Å². The molecule has 1 atom stereocenters. The van der Waals surface area contributed by atoms with Crippen LogP contribution >= 0.6 is 34.8 Å². The number of hydrogen-bond donors (Lipinski definition) is 0. The predicted molar refractivity (Wildman–Crippen MR) is 107 cm³/mol. The number of likely N-dealkylation sites (tertiary alicyclic amines) is 1. The van der Waals surface area contributed by atoms with Crippen molar-refractivity contribution in [3.8, 4) is 0 Å². The molecule has 0 saturated carbocycles. The van der Waals surface area contributed by atoms with Crippen molar-refractivity contribution in [3.05, 3.63) is 56.8 Å². The summed E-state index contributed by atoms with van der Waals surface area (Å²) in [5.41, 5.74) is -1.12. The second-order valence-corrected chi connectivity index (χ2v) is 8.04. The molecule has 2 aromatic rings. The fraction of sp³-hybridized carbons (Fsp3) is 0.211. The van der Waals surface area contributed by atoms with Crippen molar-refractivity contribution in [1.29, 1.82) is 0 Å². The monoisotopic (exact) mass is 467 g/mol. The van der Waals surface area contributed by atoms with Gasteiger partial charge in [-0.2, -0.15) is 0 Å². The molecule has 1 aromatic heterocycles. The molecule has 11 heteroatoms. The second kappa shape index (κ2) is 7.23. The number of amides is 3. The van der Waals surface area contributed by atoms with Gasteiger partial charge in [0.25, 0.3) is 5.91 Å². The van der Waals surface area contributed by atoms with E-state index < -0.39 is 35.5 Å². The molecule has 3 amide bonds. The molecule has 0 bridgehead atoms. The molecular formula is C19H12Cl3N3O5. The lowest BCUT2D eigenvalue weighted by Gasteiger charge is -2.21. The summed E-state index contributed by atoms with van der Waals surface area (Å²) in [4.78, 5) is 60.8. The highest BCUT2D eigenvalue weighted by molar-refractivity contribution is 6.34. The third-order valence-corrected chi connectivity index (χ3v) is 5.75. The Bertz CT molecular complexity index is 1140. The van der Waals surface area contributed by atoms with E-state index in [0.29, 0.717) is 5.56 Å². The quantitative estimate of drug-likeness (QED) is 0.390. The molecule has 2 aliphatic rings. The minimum Gasteiger partial charge on any atom is -0.333 e. The summed E-state index contributed by atoms with van der Waals surface area (Å²) in [6, 6.07) is 5.75. The molecule has 1 spiro atoms. The predicted octanol–water partition coefficient (Wildman–Crippen LogP) is 3.06. The molecule has 1 fully saturated rings. The van der Waals surface area contributed by atoms with Crippen molar-refractivity contribution in [2.75, 3.05) is 5.06 Å². The van der Waals surface area contributed by atoms with Gasteiger partial charge >= 0.3 is 5.97 Å². The molecule has 3 heterocycles.